The van der Waals surface area contributed by atoms with E-state index in [9.17, 15) is 0 Å². The summed E-state index contributed by atoms with van der Waals surface area (Å²) < 4.78 is 28.3. The van der Waals surface area contributed by atoms with Crippen molar-refractivity contribution >= 4 is 16.5 Å². The summed E-state index contributed by atoms with van der Waals surface area (Å²) >= 11 is 0. The van der Waals surface area contributed by atoms with Gasteiger partial charge in [-0.25, -0.2) is 0 Å². The van der Waals surface area contributed by atoms with Gasteiger partial charge < -0.3 is 28.3 Å². The zero-order valence-corrected chi connectivity index (χ0v) is 20.4. The van der Waals surface area contributed by atoms with Gasteiger partial charge in [0.05, 0.1) is 41.0 Å². The summed E-state index contributed by atoms with van der Waals surface area (Å²) in [7, 11) is 10.9. The molecule has 176 valence electrons. The van der Waals surface area contributed by atoms with E-state index < -0.39 is 0 Å². The normalized spacial score (nSPS) is 12.2. The predicted molar refractivity (Wildman–Crippen MR) is 135 cm³/mol. The van der Waals surface area contributed by atoms with Crippen LogP contribution in [-0.2, 0) is 12.8 Å². The van der Waals surface area contributed by atoms with Gasteiger partial charge in [0.1, 0.15) is 0 Å². The summed E-state index contributed by atoms with van der Waals surface area (Å²) in [5, 5.41) is 2.23. The van der Waals surface area contributed by atoms with E-state index in [-0.39, 0.29) is 0 Å². The van der Waals surface area contributed by atoms with E-state index in [4.69, 9.17) is 23.4 Å². The molecule has 1 heterocycles. The average molecular weight is 460 g/mol. The minimum atomic E-state index is 0.710. The summed E-state index contributed by atoms with van der Waals surface area (Å²) in [5.74, 6) is 2.94. The van der Waals surface area contributed by atoms with Gasteiger partial charge in [-0.2, -0.15) is 0 Å². The van der Waals surface area contributed by atoms with Crippen LogP contribution in [0, 0.1) is 0 Å². The summed E-state index contributed by atoms with van der Waals surface area (Å²) in [4.78, 5) is 2.19. The Morgan fingerprint density at radius 3 is 2.03 bits per heavy atom. The minimum Gasteiger partial charge on any atom is -0.493 e. The standard InChI is InChI=1S/C28H29NO5/c1-29(2)26-18-7-8-19-23(13-21(16-9-10-34-15-16)28(33-6)27(19)32-5)22(18)11-17-12-24(30-3)25(31-4)14-20(17)26/h9-15H,7-8H2,1-6H3. The van der Waals surface area contributed by atoms with Crippen LogP contribution >= 0.6 is 0 Å². The van der Waals surface area contributed by atoms with Crippen molar-refractivity contribution in [2.75, 3.05) is 47.4 Å². The fourth-order valence-corrected chi connectivity index (χ4v) is 5.22. The van der Waals surface area contributed by atoms with Crippen LogP contribution < -0.4 is 23.8 Å². The second kappa shape index (κ2) is 8.52. The van der Waals surface area contributed by atoms with Gasteiger partial charge in [-0.3, -0.25) is 0 Å². The Hall–Kier alpha value is -3.80. The molecule has 0 spiro atoms. The number of furan rings is 1. The summed E-state index contributed by atoms with van der Waals surface area (Å²) in [6.07, 6.45) is 5.15. The predicted octanol–water partition coefficient (Wildman–Crippen LogP) is 5.97. The van der Waals surface area contributed by atoms with E-state index in [0.717, 1.165) is 63.1 Å². The van der Waals surface area contributed by atoms with Crippen molar-refractivity contribution in [3.63, 3.8) is 0 Å². The van der Waals surface area contributed by atoms with Crippen molar-refractivity contribution in [2.45, 2.75) is 12.8 Å². The van der Waals surface area contributed by atoms with E-state index in [0.29, 0.717) is 5.75 Å². The minimum absolute atomic E-state index is 0.710. The molecule has 0 aliphatic heterocycles. The molecular formula is C28H29NO5. The van der Waals surface area contributed by atoms with Crippen molar-refractivity contribution in [3.05, 3.63) is 54.0 Å². The molecule has 6 heteroatoms. The fraction of sp³-hybridized carbons (Fsp3) is 0.286. The third-order valence-electron chi connectivity index (χ3n) is 6.66. The molecule has 0 bridgehead atoms. The quantitative estimate of drug-likeness (QED) is 0.354. The Bertz CT molecular complexity index is 1370. The molecule has 5 rings (SSSR count). The van der Waals surface area contributed by atoms with Crippen LogP contribution in [0.5, 0.6) is 23.0 Å². The molecule has 0 saturated carbocycles. The first-order valence-corrected chi connectivity index (χ1v) is 11.2. The molecule has 1 aliphatic rings. The third-order valence-corrected chi connectivity index (χ3v) is 6.66. The van der Waals surface area contributed by atoms with Crippen LogP contribution in [0.2, 0.25) is 0 Å². The molecule has 1 aromatic heterocycles. The molecule has 0 saturated heterocycles. The van der Waals surface area contributed by atoms with Crippen molar-refractivity contribution < 1.29 is 23.4 Å². The Morgan fingerprint density at radius 1 is 0.735 bits per heavy atom. The molecule has 34 heavy (non-hydrogen) atoms. The van der Waals surface area contributed by atoms with E-state index in [1.165, 1.54) is 16.8 Å². The molecule has 0 atom stereocenters. The van der Waals surface area contributed by atoms with Gasteiger partial charge in [0.2, 0.25) is 0 Å². The molecule has 6 nitrogen and oxygen atoms in total. The molecule has 1 aliphatic carbocycles. The second-order valence-electron chi connectivity index (χ2n) is 8.60. The molecular weight excluding hydrogens is 430 g/mol. The Morgan fingerprint density at radius 2 is 1.41 bits per heavy atom. The first-order valence-electron chi connectivity index (χ1n) is 11.2. The van der Waals surface area contributed by atoms with Crippen molar-refractivity contribution in [2.24, 2.45) is 0 Å². The number of rotatable bonds is 6. The zero-order chi connectivity index (χ0) is 24.0. The van der Waals surface area contributed by atoms with Gasteiger partial charge in [-0.15, -0.1) is 0 Å². The Balaban J connectivity index is 1.87. The van der Waals surface area contributed by atoms with E-state index >= 15 is 0 Å². The van der Waals surface area contributed by atoms with Gasteiger partial charge >= 0.3 is 0 Å². The largest absolute Gasteiger partial charge is 0.493 e. The molecule has 0 N–H and O–H groups in total. The summed E-state index contributed by atoms with van der Waals surface area (Å²) in [6, 6.07) is 10.5. The van der Waals surface area contributed by atoms with Crippen LogP contribution in [0.4, 0.5) is 5.69 Å². The lowest BCUT2D eigenvalue weighted by molar-refractivity contribution is 0.353. The first kappa shape index (κ1) is 22.0. The lowest BCUT2D eigenvalue weighted by Gasteiger charge is -2.30. The highest BCUT2D eigenvalue weighted by atomic mass is 16.5. The SMILES string of the molecule is COc1cc2cc3c(c(N(C)C)c2cc1OC)CCc1c-3cc(-c2ccoc2)c(OC)c1OC. The second-order valence-corrected chi connectivity index (χ2v) is 8.60. The number of hydrogen-bond donors (Lipinski definition) is 0. The zero-order valence-electron chi connectivity index (χ0n) is 20.4. The third kappa shape index (κ3) is 3.24. The van der Waals surface area contributed by atoms with Crippen molar-refractivity contribution in [1.29, 1.82) is 0 Å². The van der Waals surface area contributed by atoms with E-state index in [1.54, 1.807) is 41.0 Å². The number of hydrogen-bond acceptors (Lipinski definition) is 6. The Labute approximate surface area is 199 Å². The Kier molecular flexibility index (Phi) is 5.52. The molecule has 0 fully saturated rings. The summed E-state index contributed by atoms with van der Waals surface area (Å²) in [6.45, 7) is 0. The van der Waals surface area contributed by atoms with Crippen LogP contribution in [0.25, 0.3) is 33.0 Å². The number of benzene rings is 3. The van der Waals surface area contributed by atoms with Crippen molar-refractivity contribution in [1.82, 2.24) is 0 Å². The lowest BCUT2D eigenvalue weighted by atomic mass is 9.80. The first-order chi connectivity index (χ1) is 16.5. The maximum atomic E-state index is 5.92. The van der Waals surface area contributed by atoms with Gasteiger partial charge in [0.15, 0.2) is 23.0 Å². The number of methoxy groups -OCH3 is 4. The van der Waals surface area contributed by atoms with Crippen LogP contribution in [0.1, 0.15) is 11.1 Å². The topological polar surface area (TPSA) is 53.3 Å². The number of anilines is 1. The maximum absolute atomic E-state index is 5.92. The number of fused-ring (bicyclic) bond motifs is 4. The highest BCUT2D eigenvalue weighted by Crippen LogP contribution is 2.51. The van der Waals surface area contributed by atoms with Crippen molar-refractivity contribution in [3.8, 4) is 45.3 Å². The molecule has 0 unspecified atom stereocenters. The van der Waals surface area contributed by atoms with Crippen LogP contribution in [-0.4, -0.2) is 42.5 Å². The van der Waals surface area contributed by atoms with Crippen LogP contribution in [0.3, 0.4) is 0 Å². The average Bonchev–Trinajstić information content (AvgIpc) is 3.39. The number of nitrogens with zero attached hydrogens (tertiary/aromatic N) is 1. The maximum Gasteiger partial charge on any atom is 0.168 e. The van der Waals surface area contributed by atoms with Gasteiger partial charge in [0.25, 0.3) is 0 Å². The molecule has 4 aromatic rings. The summed E-state index contributed by atoms with van der Waals surface area (Å²) in [5.41, 5.74) is 7.89. The molecule has 0 amide bonds. The van der Waals surface area contributed by atoms with E-state index in [2.05, 4.69) is 37.2 Å². The van der Waals surface area contributed by atoms with Crippen LogP contribution in [0.15, 0.2) is 47.3 Å². The number of ether oxygens (including phenoxy) is 4. The van der Waals surface area contributed by atoms with Gasteiger partial charge in [-0.05, 0) is 65.3 Å². The lowest BCUT2D eigenvalue weighted by Crippen LogP contribution is -2.16. The van der Waals surface area contributed by atoms with E-state index in [1.807, 2.05) is 12.1 Å². The molecule has 3 aromatic carbocycles. The fourth-order valence-electron chi connectivity index (χ4n) is 5.22. The smallest absolute Gasteiger partial charge is 0.168 e. The van der Waals surface area contributed by atoms with Gasteiger partial charge in [0, 0.05) is 41.9 Å². The highest BCUT2D eigenvalue weighted by Gasteiger charge is 2.29. The van der Waals surface area contributed by atoms with Gasteiger partial charge in [-0.1, -0.05) is 0 Å². The molecule has 0 radical (unpaired) electrons. The monoisotopic (exact) mass is 459 g/mol. The highest BCUT2D eigenvalue weighted by molar-refractivity contribution is 6.03.